The molecule has 1 amide bonds. The van der Waals surface area contributed by atoms with Gasteiger partial charge in [0.1, 0.15) is 5.82 Å². The highest BCUT2D eigenvalue weighted by molar-refractivity contribution is 5.93. The molecule has 2 rings (SSSR count). The third kappa shape index (κ3) is 4.82. The van der Waals surface area contributed by atoms with E-state index in [9.17, 15) is 18.0 Å². The van der Waals surface area contributed by atoms with Gasteiger partial charge in [0.2, 0.25) is 5.95 Å². The Morgan fingerprint density at radius 3 is 2.32 bits per heavy atom. The van der Waals surface area contributed by atoms with Crippen molar-refractivity contribution in [3.05, 3.63) is 47.2 Å². The van der Waals surface area contributed by atoms with Gasteiger partial charge in [0.15, 0.2) is 5.69 Å². The summed E-state index contributed by atoms with van der Waals surface area (Å²) in [5.41, 5.74) is 0.264. The van der Waals surface area contributed by atoms with Gasteiger partial charge < -0.3 is 15.5 Å². The lowest BCUT2D eigenvalue weighted by Crippen LogP contribution is -2.18. The van der Waals surface area contributed by atoms with Crippen LogP contribution in [0.2, 0.25) is 0 Å². The van der Waals surface area contributed by atoms with Crippen LogP contribution in [0.5, 0.6) is 0 Å². The number of anilines is 2. The number of nitrogens with zero attached hydrogens (tertiary/aromatic N) is 3. The van der Waals surface area contributed by atoms with E-state index >= 15 is 0 Å². The summed E-state index contributed by atoms with van der Waals surface area (Å²) >= 11 is 0. The van der Waals surface area contributed by atoms with E-state index in [4.69, 9.17) is 0 Å². The molecule has 0 aliphatic carbocycles. The highest BCUT2D eigenvalue weighted by Gasteiger charge is 2.34. The lowest BCUT2D eigenvalue weighted by atomic mass is 10.1. The van der Waals surface area contributed by atoms with E-state index in [0.29, 0.717) is 5.56 Å². The van der Waals surface area contributed by atoms with Crippen LogP contribution < -0.4 is 15.5 Å². The number of nitrogens with one attached hydrogen (secondary N) is 2. The molecule has 134 valence electrons. The summed E-state index contributed by atoms with van der Waals surface area (Å²) < 4.78 is 38.9. The number of hydrogen-bond acceptors (Lipinski definition) is 5. The van der Waals surface area contributed by atoms with Crippen molar-refractivity contribution in [1.29, 1.82) is 0 Å². The predicted molar refractivity (Wildman–Crippen MR) is 88.5 cm³/mol. The molecule has 0 aliphatic heterocycles. The maximum absolute atomic E-state index is 13.0. The zero-order valence-corrected chi connectivity index (χ0v) is 14.0. The van der Waals surface area contributed by atoms with E-state index in [1.807, 2.05) is 0 Å². The van der Waals surface area contributed by atoms with Gasteiger partial charge in [0, 0.05) is 39.3 Å². The number of hydrogen-bond donors (Lipinski definition) is 2. The molecule has 0 bridgehead atoms. The van der Waals surface area contributed by atoms with Crippen LogP contribution in [0.4, 0.5) is 24.9 Å². The Labute approximate surface area is 143 Å². The molecule has 25 heavy (non-hydrogen) atoms. The SMILES string of the molecule is CNC(=O)c1ccc(CNc2nc(N(C)C)cc(C(F)(F)F)n2)cc1. The predicted octanol–water partition coefficient (Wildman–Crippen LogP) is 2.53. The lowest BCUT2D eigenvalue weighted by Gasteiger charge is -2.16. The van der Waals surface area contributed by atoms with Crippen molar-refractivity contribution in [2.24, 2.45) is 0 Å². The van der Waals surface area contributed by atoms with Gasteiger partial charge in [0.05, 0.1) is 0 Å². The number of aromatic nitrogens is 2. The number of halogens is 3. The van der Waals surface area contributed by atoms with Gasteiger partial charge in [-0.1, -0.05) is 12.1 Å². The molecule has 0 saturated heterocycles. The fraction of sp³-hybridized carbons (Fsp3) is 0.312. The molecule has 6 nitrogen and oxygen atoms in total. The maximum atomic E-state index is 13.0. The van der Waals surface area contributed by atoms with Crippen LogP contribution in [0, 0.1) is 0 Å². The Bertz CT molecular complexity index is 744. The van der Waals surface area contributed by atoms with Crippen LogP contribution >= 0.6 is 0 Å². The van der Waals surface area contributed by atoms with Crippen LogP contribution in [0.3, 0.4) is 0 Å². The number of carbonyl (C=O) groups excluding carboxylic acids is 1. The smallest absolute Gasteiger partial charge is 0.363 e. The van der Waals surface area contributed by atoms with Gasteiger partial charge in [-0.2, -0.15) is 18.2 Å². The first-order valence-corrected chi connectivity index (χ1v) is 7.39. The fourth-order valence-corrected chi connectivity index (χ4v) is 1.99. The van der Waals surface area contributed by atoms with Crippen molar-refractivity contribution in [3.63, 3.8) is 0 Å². The summed E-state index contributed by atoms with van der Waals surface area (Å²) in [5.74, 6) is -0.176. The minimum atomic E-state index is -4.56. The Morgan fingerprint density at radius 2 is 1.80 bits per heavy atom. The number of alkyl halides is 3. The van der Waals surface area contributed by atoms with E-state index in [1.165, 1.54) is 11.9 Å². The molecule has 2 aromatic rings. The topological polar surface area (TPSA) is 70.2 Å². The van der Waals surface area contributed by atoms with Gasteiger partial charge >= 0.3 is 6.18 Å². The molecule has 0 spiro atoms. The molecule has 0 atom stereocenters. The molecule has 0 radical (unpaired) electrons. The summed E-state index contributed by atoms with van der Waals surface area (Å²) in [6.45, 7) is 0.224. The third-order valence-corrected chi connectivity index (χ3v) is 3.36. The molecule has 1 aromatic heterocycles. The first-order chi connectivity index (χ1) is 11.7. The van der Waals surface area contributed by atoms with Crippen molar-refractivity contribution >= 4 is 17.7 Å². The van der Waals surface area contributed by atoms with E-state index in [2.05, 4.69) is 20.6 Å². The molecular formula is C16H18F3N5O. The Morgan fingerprint density at radius 1 is 1.16 bits per heavy atom. The number of benzene rings is 1. The Hall–Kier alpha value is -2.84. The van der Waals surface area contributed by atoms with Crippen LogP contribution in [0.25, 0.3) is 0 Å². The van der Waals surface area contributed by atoms with Gasteiger partial charge in [-0.15, -0.1) is 0 Å². The first-order valence-electron chi connectivity index (χ1n) is 7.39. The highest BCUT2D eigenvalue weighted by Crippen LogP contribution is 2.30. The molecule has 9 heteroatoms. The quantitative estimate of drug-likeness (QED) is 0.864. The van der Waals surface area contributed by atoms with Crippen LogP contribution in [-0.4, -0.2) is 37.0 Å². The van der Waals surface area contributed by atoms with Crippen LogP contribution in [-0.2, 0) is 12.7 Å². The second-order valence-electron chi connectivity index (χ2n) is 5.46. The van der Waals surface area contributed by atoms with Crippen LogP contribution in [0.15, 0.2) is 30.3 Å². The van der Waals surface area contributed by atoms with E-state index in [-0.39, 0.29) is 24.2 Å². The number of amides is 1. The van der Waals surface area contributed by atoms with Gasteiger partial charge in [-0.05, 0) is 17.7 Å². The zero-order valence-electron chi connectivity index (χ0n) is 14.0. The molecule has 1 aromatic carbocycles. The molecule has 0 saturated carbocycles. The fourth-order valence-electron chi connectivity index (χ4n) is 1.99. The lowest BCUT2D eigenvalue weighted by molar-refractivity contribution is -0.141. The standard InChI is InChI=1S/C16H18F3N5O/c1-20-14(25)11-6-4-10(5-7-11)9-21-15-22-12(16(17,18)19)8-13(23-15)24(2)3/h4-8H,9H2,1-3H3,(H,20,25)(H,21,22,23). The molecular weight excluding hydrogens is 335 g/mol. The van der Waals surface area contributed by atoms with E-state index in [1.54, 1.807) is 38.4 Å². The minimum Gasteiger partial charge on any atom is -0.363 e. The maximum Gasteiger partial charge on any atom is 0.433 e. The number of rotatable bonds is 5. The van der Waals surface area contributed by atoms with Crippen molar-refractivity contribution in [2.45, 2.75) is 12.7 Å². The molecule has 0 aliphatic rings. The summed E-state index contributed by atoms with van der Waals surface area (Å²) in [4.78, 5) is 20.5. The number of carbonyl (C=O) groups is 1. The molecule has 0 unspecified atom stereocenters. The molecule has 0 fully saturated rings. The monoisotopic (exact) mass is 353 g/mol. The highest BCUT2D eigenvalue weighted by atomic mass is 19.4. The second kappa shape index (κ2) is 7.37. The summed E-state index contributed by atoms with van der Waals surface area (Å²) in [5, 5.41) is 5.29. The van der Waals surface area contributed by atoms with Gasteiger partial charge in [0.25, 0.3) is 5.91 Å². The first kappa shape index (κ1) is 18.5. The van der Waals surface area contributed by atoms with Gasteiger partial charge in [-0.3, -0.25) is 4.79 Å². The second-order valence-corrected chi connectivity index (χ2v) is 5.46. The Kier molecular flexibility index (Phi) is 5.45. The van der Waals surface area contributed by atoms with Crippen molar-refractivity contribution in [1.82, 2.24) is 15.3 Å². The summed E-state index contributed by atoms with van der Waals surface area (Å²) in [6, 6.07) is 7.57. The summed E-state index contributed by atoms with van der Waals surface area (Å²) in [6.07, 6.45) is -4.56. The van der Waals surface area contributed by atoms with E-state index < -0.39 is 11.9 Å². The van der Waals surface area contributed by atoms with Crippen molar-refractivity contribution in [3.8, 4) is 0 Å². The normalized spacial score (nSPS) is 11.1. The Balaban J connectivity index is 2.17. The average molecular weight is 353 g/mol. The van der Waals surface area contributed by atoms with E-state index in [0.717, 1.165) is 11.6 Å². The largest absolute Gasteiger partial charge is 0.433 e. The minimum absolute atomic E-state index is 0.117. The average Bonchev–Trinajstić information content (AvgIpc) is 2.58. The molecule has 2 N–H and O–H groups in total. The summed E-state index contributed by atoms with van der Waals surface area (Å²) in [7, 11) is 4.73. The van der Waals surface area contributed by atoms with Gasteiger partial charge in [-0.25, -0.2) is 4.98 Å². The van der Waals surface area contributed by atoms with Crippen molar-refractivity contribution < 1.29 is 18.0 Å². The zero-order chi connectivity index (χ0) is 18.6. The van der Waals surface area contributed by atoms with Crippen LogP contribution in [0.1, 0.15) is 21.6 Å². The molecule has 1 heterocycles. The van der Waals surface area contributed by atoms with Crippen molar-refractivity contribution in [2.75, 3.05) is 31.4 Å². The third-order valence-electron chi connectivity index (χ3n) is 3.36.